The van der Waals surface area contributed by atoms with Crippen LogP contribution >= 0.6 is 0 Å². The third-order valence-corrected chi connectivity index (χ3v) is 4.96. The molecule has 1 fully saturated rings. The second-order valence-electron chi connectivity index (χ2n) is 6.91. The van der Waals surface area contributed by atoms with Crippen LogP contribution in [0.3, 0.4) is 0 Å². The van der Waals surface area contributed by atoms with Crippen molar-refractivity contribution in [3.8, 4) is 0 Å². The number of para-hydroxylation sites is 2. The number of anilines is 2. The number of rotatable bonds is 5. The van der Waals surface area contributed by atoms with Crippen LogP contribution < -0.4 is 15.8 Å². The van der Waals surface area contributed by atoms with Gasteiger partial charge in [-0.15, -0.1) is 0 Å². The highest BCUT2D eigenvalue weighted by atomic mass is 16.5. The number of aromatic nitrogens is 1. The molecule has 0 spiro atoms. The van der Waals surface area contributed by atoms with Crippen LogP contribution in [0, 0.1) is 0 Å². The molecule has 1 saturated heterocycles. The number of hydrogen-bond acceptors (Lipinski definition) is 4. The maximum absolute atomic E-state index is 12.9. The zero-order valence-corrected chi connectivity index (χ0v) is 16.1. The standard InChI is InChI=1S/C23H23N3O3/c27-22(24-20-10-4-5-11-21(20)25-13-15-29-16-14-25)19-9-6-12-26(23(19)28)17-18-7-2-1-3-8-18/h1-12H,13-17H2,(H,24,27). The number of hydrogen-bond donors (Lipinski definition) is 1. The summed E-state index contributed by atoms with van der Waals surface area (Å²) in [6, 6.07) is 20.6. The minimum atomic E-state index is -0.405. The van der Waals surface area contributed by atoms with Gasteiger partial charge >= 0.3 is 0 Å². The van der Waals surface area contributed by atoms with Crippen LogP contribution in [0.5, 0.6) is 0 Å². The molecular formula is C23H23N3O3. The summed E-state index contributed by atoms with van der Waals surface area (Å²) in [4.78, 5) is 28.0. The number of ether oxygens (including phenoxy) is 1. The van der Waals surface area contributed by atoms with Crippen LogP contribution in [0.4, 0.5) is 11.4 Å². The SMILES string of the molecule is O=C(Nc1ccccc1N1CCOCC1)c1cccn(Cc2ccccc2)c1=O. The van der Waals surface area contributed by atoms with Crippen molar-refractivity contribution in [2.75, 3.05) is 36.5 Å². The average molecular weight is 389 g/mol. The molecule has 4 rings (SSSR count). The Labute approximate surface area is 169 Å². The van der Waals surface area contributed by atoms with Crippen molar-refractivity contribution in [2.24, 2.45) is 0 Å². The van der Waals surface area contributed by atoms with Gasteiger partial charge in [0, 0.05) is 19.3 Å². The van der Waals surface area contributed by atoms with Gasteiger partial charge in [0.2, 0.25) is 0 Å². The van der Waals surface area contributed by atoms with Gasteiger partial charge in [-0.05, 0) is 29.8 Å². The number of morpholine rings is 1. The largest absolute Gasteiger partial charge is 0.378 e. The molecule has 0 saturated carbocycles. The molecule has 0 aliphatic carbocycles. The number of carbonyl (C=O) groups excluding carboxylic acids is 1. The molecule has 0 bridgehead atoms. The van der Waals surface area contributed by atoms with E-state index >= 15 is 0 Å². The van der Waals surface area contributed by atoms with Gasteiger partial charge in [0.1, 0.15) is 5.56 Å². The molecule has 3 aromatic rings. The summed E-state index contributed by atoms with van der Waals surface area (Å²) >= 11 is 0. The molecule has 6 heteroatoms. The first-order valence-electron chi connectivity index (χ1n) is 9.69. The molecule has 1 aromatic heterocycles. The number of nitrogens with one attached hydrogen (secondary N) is 1. The highest BCUT2D eigenvalue weighted by Gasteiger charge is 2.18. The fraction of sp³-hybridized carbons (Fsp3) is 0.217. The third-order valence-electron chi connectivity index (χ3n) is 4.96. The Morgan fingerprint density at radius 2 is 1.66 bits per heavy atom. The van der Waals surface area contributed by atoms with Crippen LogP contribution in [-0.2, 0) is 11.3 Å². The monoisotopic (exact) mass is 389 g/mol. The molecule has 0 radical (unpaired) electrons. The van der Waals surface area contributed by atoms with Crippen molar-refractivity contribution in [3.63, 3.8) is 0 Å². The van der Waals surface area contributed by atoms with Crippen LogP contribution in [0.25, 0.3) is 0 Å². The lowest BCUT2D eigenvalue weighted by Gasteiger charge is -2.30. The van der Waals surface area contributed by atoms with Crippen LogP contribution in [0.2, 0.25) is 0 Å². The number of amides is 1. The van der Waals surface area contributed by atoms with Crippen LogP contribution in [-0.4, -0.2) is 36.8 Å². The van der Waals surface area contributed by atoms with Gasteiger partial charge in [-0.3, -0.25) is 9.59 Å². The van der Waals surface area contributed by atoms with E-state index in [1.807, 2.05) is 54.6 Å². The molecule has 1 aliphatic heterocycles. The summed E-state index contributed by atoms with van der Waals surface area (Å²) < 4.78 is 6.97. The Kier molecular flexibility index (Phi) is 5.72. The van der Waals surface area contributed by atoms with E-state index in [-0.39, 0.29) is 11.1 Å². The predicted molar refractivity (Wildman–Crippen MR) is 114 cm³/mol. The summed E-state index contributed by atoms with van der Waals surface area (Å²) in [6.45, 7) is 3.27. The highest BCUT2D eigenvalue weighted by molar-refractivity contribution is 6.05. The number of benzene rings is 2. The van der Waals surface area contributed by atoms with E-state index in [1.165, 1.54) is 0 Å². The first-order valence-corrected chi connectivity index (χ1v) is 9.69. The molecule has 29 heavy (non-hydrogen) atoms. The lowest BCUT2D eigenvalue weighted by atomic mass is 10.2. The normalized spacial score (nSPS) is 13.9. The number of pyridine rings is 1. The fourth-order valence-corrected chi connectivity index (χ4v) is 3.46. The van der Waals surface area contributed by atoms with Gasteiger partial charge < -0.3 is 19.5 Å². The van der Waals surface area contributed by atoms with E-state index in [0.717, 1.165) is 24.3 Å². The predicted octanol–water partition coefficient (Wildman–Crippen LogP) is 2.99. The van der Waals surface area contributed by atoms with Gasteiger partial charge in [-0.25, -0.2) is 0 Å². The molecule has 1 amide bonds. The van der Waals surface area contributed by atoms with Crippen molar-refractivity contribution in [3.05, 3.63) is 94.4 Å². The number of carbonyl (C=O) groups is 1. The Morgan fingerprint density at radius 3 is 2.45 bits per heavy atom. The Bertz CT molecular complexity index is 1040. The second-order valence-corrected chi connectivity index (χ2v) is 6.91. The third kappa shape index (κ3) is 4.38. The Morgan fingerprint density at radius 1 is 0.931 bits per heavy atom. The zero-order valence-electron chi connectivity index (χ0n) is 16.1. The summed E-state index contributed by atoms with van der Waals surface area (Å²) in [6.07, 6.45) is 1.70. The van der Waals surface area contributed by atoms with E-state index in [1.54, 1.807) is 22.9 Å². The van der Waals surface area contributed by atoms with Crippen LogP contribution in [0.1, 0.15) is 15.9 Å². The first kappa shape index (κ1) is 19.0. The fourth-order valence-electron chi connectivity index (χ4n) is 3.46. The summed E-state index contributed by atoms with van der Waals surface area (Å²) in [7, 11) is 0. The van der Waals surface area contributed by atoms with Crippen molar-refractivity contribution < 1.29 is 9.53 Å². The highest BCUT2D eigenvalue weighted by Crippen LogP contribution is 2.26. The number of nitrogens with zero attached hydrogens (tertiary/aromatic N) is 2. The van der Waals surface area contributed by atoms with E-state index in [4.69, 9.17) is 4.74 Å². The summed E-state index contributed by atoms with van der Waals surface area (Å²) in [5.74, 6) is -0.405. The lowest BCUT2D eigenvalue weighted by Crippen LogP contribution is -2.37. The van der Waals surface area contributed by atoms with E-state index < -0.39 is 5.91 Å². The quantitative estimate of drug-likeness (QED) is 0.729. The molecule has 2 heterocycles. The summed E-state index contributed by atoms with van der Waals surface area (Å²) in [5, 5.41) is 2.92. The Hall–Kier alpha value is -3.38. The molecule has 2 aromatic carbocycles. The Balaban J connectivity index is 1.57. The van der Waals surface area contributed by atoms with E-state index in [9.17, 15) is 9.59 Å². The van der Waals surface area contributed by atoms with Gasteiger partial charge in [0.15, 0.2) is 0 Å². The second kappa shape index (κ2) is 8.75. The van der Waals surface area contributed by atoms with Crippen molar-refractivity contribution in [1.29, 1.82) is 0 Å². The average Bonchev–Trinajstić information content (AvgIpc) is 2.77. The van der Waals surface area contributed by atoms with Gasteiger partial charge in [-0.2, -0.15) is 0 Å². The minimum absolute atomic E-state index is 0.125. The molecule has 1 aliphatic rings. The maximum Gasteiger partial charge on any atom is 0.263 e. The van der Waals surface area contributed by atoms with Crippen molar-refractivity contribution >= 4 is 17.3 Å². The molecule has 1 N–H and O–H groups in total. The van der Waals surface area contributed by atoms with Gasteiger partial charge in [0.05, 0.1) is 31.1 Å². The molecule has 0 unspecified atom stereocenters. The van der Waals surface area contributed by atoms with E-state index in [2.05, 4.69) is 10.2 Å². The molecular weight excluding hydrogens is 366 g/mol. The van der Waals surface area contributed by atoms with Crippen molar-refractivity contribution in [1.82, 2.24) is 4.57 Å². The van der Waals surface area contributed by atoms with Crippen LogP contribution in [0.15, 0.2) is 77.7 Å². The van der Waals surface area contributed by atoms with Gasteiger partial charge in [0.25, 0.3) is 11.5 Å². The van der Waals surface area contributed by atoms with Crippen molar-refractivity contribution in [2.45, 2.75) is 6.54 Å². The lowest BCUT2D eigenvalue weighted by molar-refractivity contribution is 0.102. The smallest absolute Gasteiger partial charge is 0.263 e. The zero-order chi connectivity index (χ0) is 20.1. The molecule has 148 valence electrons. The minimum Gasteiger partial charge on any atom is -0.378 e. The molecule has 0 atom stereocenters. The maximum atomic E-state index is 12.9. The van der Waals surface area contributed by atoms with E-state index in [0.29, 0.717) is 25.4 Å². The molecule has 6 nitrogen and oxygen atoms in total. The first-order chi connectivity index (χ1) is 14.2. The van der Waals surface area contributed by atoms with Gasteiger partial charge in [-0.1, -0.05) is 42.5 Å². The summed E-state index contributed by atoms with van der Waals surface area (Å²) in [5.41, 5.74) is 2.45. The topological polar surface area (TPSA) is 63.6 Å².